The van der Waals surface area contributed by atoms with Gasteiger partial charge in [-0.15, -0.1) is 20.1 Å². The second kappa shape index (κ2) is 9.40. The van der Waals surface area contributed by atoms with E-state index in [0.717, 1.165) is 11.8 Å². The van der Waals surface area contributed by atoms with E-state index in [2.05, 4.69) is 31.0 Å². The van der Waals surface area contributed by atoms with Crippen molar-refractivity contribution in [3.05, 3.63) is 65.9 Å². The smallest absolute Gasteiger partial charge is 0.273 e. The monoisotopic (exact) mass is 463 g/mol. The summed E-state index contributed by atoms with van der Waals surface area (Å²) in [6, 6.07) is 15.7. The number of tetrazole rings is 1. The molecule has 4 rings (SSSR count). The van der Waals surface area contributed by atoms with Crippen molar-refractivity contribution in [1.29, 1.82) is 0 Å². The Morgan fingerprint density at radius 1 is 1.03 bits per heavy atom. The van der Waals surface area contributed by atoms with Gasteiger partial charge in [-0.1, -0.05) is 42.1 Å². The molecule has 2 heterocycles. The van der Waals surface area contributed by atoms with E-state index >= 15 is 0 Å². The first kappa shape index (κ1) is 21.8. The molecule has 0 spiro atoms. The van der Waals surface area contributed by atoms with Crippen molar-refractivity contribution < 1.29 is 14.4 Å². The van der Waals surface area contributed by atoms with Gasteiger partial charge in [0.2, 0.25) is 11.1 Å². The molecular weight excluding hydrogens is 446 g/mol. The normalized spacial score (nSPS) is 10.7. The third-order valence-corrected chi connectivity index (χ3v) is 5.28. The van der Waals surface area contributed by atoms with E-state index in [9.17, 15) is 14.4 Å². The maximum absolute atomic E-state index is 12.5. The molecule has 3 N–H and O–H groups in total. The van der Waals surface area contributed by atoms with E-state index in [1.807, 2.05) is 6.07 Å². The zero-order valence-electron chi connectivity index (χ0n) is 17.2. The predicted molar refractivity (Wildman–Crippen MR) is 118 cm³/mol. The van der Waals surface area contributed by atoms with Crippen molar-refractivity contribution in [3.63, 3.8) is 0 Å². The summed E-state index contributed by atoms with van der Waals surface area (Å²) in [4.78, 5) is 37.2. The van der Waals surface area contributed by atoms with Crippen LogP contribution in [0, 0.1) is 0 Å². The maximum Gasteiger partial charge on any atom is 0.273 e. The first-order valence-electron chi connectivity index (χ1n) is 9.57. The maximum atomic E-state index is 12.5. The SMILES string of the molecule is CC(=O)c1cccc(-n2nnnc2SCC(=O)Nc2nn(-c3ccccc3)nc2C(N)=O)c1. The lowest BCUT2D eigenvalue weighted by molar-refractivity contribution is -0.113. The van der Waals surface area contributed by atoms with Crippen LogP contribution in [0.15, 0.2) is 59.8 Å². The summed E-state index contributed by atoms with van der Waals surface area (Å²) in [6.45, 7) is 1.47. The lowest BCUT2D eigenvalue weighted by Crippen LogP contribution is -2.19. The minimum absolute atomic E-state index is 0.0503. The van der Waals surface area contributed by atoms with Crippen molar-refractivity contribution in [3.8, 4) is 11.4 Å². The van der Waals surface area contributed by atoms with Gasteiger partial charge in [0.15, 0.2) is 17.3 Å². The number of ketones is 1. The molecule has 2 aromatic carbocycles. The van der Waals surface area contributed by atoms with E-state index in [0.29, 0.717) is 22.1 Å². The number of carbonyl (C=O) groups is 3. The number of para-hydroxylation sites is 1. The molecule has 12 nitrogen and oxygen atoms in total. The van der Waals surface area contributed by atoms with Gasteiger partial charge in [-0.25, -0.2) is 0 Å². The molecular formula is C20H17N9O3S. The highest BCUT2D eigenvalue weighted by molar-refractivity contribution is 7.99. The fourth-order valence-corrected chi connectivity index (χ4v) is 3.51. The van der Waals surface area contributed by atoms with Gasteiger partial charge in [-0.2, -0.15) is 4.68 Å². The zero-order chi connectivity index (χ0) is 23.4. The molecule has 0 saturated heterocycles. The van der Waals surface area contributed by atoms with Gasteiger partial charge >= 0.3 is 0 Å². The van der Waals surface area contributed by atoms with Crippen LogP contribution in [-0.4, -0.2) is 58.6 Å². The van der Waals surface area contributed by atoms with Crippen LogP contribution in [0.4, 0.5) is 5.82 Å². The average Bonchev–Trinajstić information content (AvgIpc) is 3.45. The molecule has 2 aromatic heterocycles. The van der Waals surface area contributed by atoms with Crippen LogP contribution >= 0.6 is 11.8 Å². The van der Waals surface area contributed by atoms with Crippen molar-refractivity contribution in [2.45, 2.75) is 12.1 Å². The Balaban J connectivity index is 1.48. The molecule has 0 unspecified atom stereocenters. The highest BCUT2D eigenvalue weighted by atomic mass is 32.2. The van der Waals surface area contributed by atoms with Gasteiger partial charge in [0.25, 0.3) is 5.91 Å². The first-order chi connectivity index (χ1) is 15.9. The molecule has 0 radical (unpaired) electrons. The Morgan fingerprint density at radius 2 is 1.79 bits per heavy atom. The van der Waals surface area contributed by atoms with Crippen molar-refractivity contribution in [1.82, 2.24) is 35.2 Å². The number of nitrogens with zero attached hydrogens (tertiary/aromatic N) is 7. The molecule has 4 aromatic rings. The molecule has 0 aliphatic carbocycles. The summed E-state index contributed by atoms with van der Waals surface area (Å²) in [5, 5.41) is 22.6. The summed E-state index contributed by atoms with van der Waals surface area (Å²) in [7, 11) is 0. The van der Waals surface area contributed by atoms with Gasteiger partial charge in [-0.05, 0) is 41.6 Å². The molecule has 0 atom stereocenters. The number of nitrogens with one attached hydrogen (secondary N) is 1. The largest absolute Gasteiger partial charge is 0.364 e. The highest BCUT2D eigenvalue weighted by Crippen LogP contribution is 2.20. The van der Waals surface area contributed by atoms with Gasteiger partial charge in [0.05, 0.1) is 17.1 Å². The Kier molecular flexibility index (Phi) is 6.22. The number of carbonyl (C=O) groups excluding carboxylic acids is 3. The van der Waals surface area contributed by atoms with Crippen LogP contribution in [0.25, 0.3) is 11.4 Å². The number of aromatic nitrogens is 7. The lowest BCUT2D eigenvalue weighted by Gasteiger charge is -2.06. The molecule has 0 aliphatic rings. The topological polar surface area (TPSA) is 164 Å². The summed E-state index contributed by atoms with van der Waals surface area (Å²) in [5.41, 5.74) is 6.91. The Labute approximate surface area is 191 Å². The number of nitrogens with two attached hydrogens (primary N) is 1. The number of Topliss-reactive ketones (excluding diaryl/α,β-unsaturated/α-hetero) is 1. The van der Waals surface area contributed by atoms with Crippen LogP contribution in [0.5, 0.6) is 0 Å². The quantitative estimate of drug-likeness (QED) is 0.289. The van der Waals surface area contributed by atoms with Gasteiger partial charge in [0, 0.05) is 5.56 Å². The Bertz CT molecular complexity index is 1330. The molecule has 0 fully saturated rings. The summed E-state index contributed by atoms with van der Waals surface area (Å²) in [6.07, 6.45) is 0. The second-order valence-corrected chi connectivity index (χ2v) is 7.65. The highest BCUT2D eigenvalue weighted by Gasteiger charge is 2.20. The number of thioether (sulfide) groups is 1. The molecule has 0 saturated carbocycles. The molecule has 13 heteroatoms. The van der Waals surface area contributed by atoms with Gasteiger partial charge < -0.3 is 11.1 Å². The van der Waals surface area contributed by atoms with Crippen molar-refractivity contribution in [2.24, 2.45) is 5.73 Å². The predicted octanol–water partition coefficient (Wildman–Crippen LogP) is 1.28. The summed E-state index contributed by atoms with van der Waals surface area (Å²) < 4.78 is 1.42. The molecule has 2 amide bonds. The van der Waals surface area contributed by atoms with E-state index in [4.69, 9.17) is 5.73 Å². The average molecular weight is 463 g/mol. The van der Waals surface area contributed by atoms with Crippen molar-refractivity contribution in [2.75, 3.05) is 11.1 Å². The number of primary amides is 1. The van der Waals surface area contributed by atoms with Crippen LogP contribution in [0.1, 0.15) is 27.8 Å². The van der Waals surface area contributed by atoms with E-state index in [-0.39, 0.29) is 23.0 Å². The van der Waals surface area contributed by atoms with Gasteiger partial charge in [0.1, 0.15) is 0 Å². The molecule has 0 bridgehead atoms. The van der Waals surface area contributed by atoms with Gasteiger partial charge in [-0.3, -0.25) is 14.4 Å². The Morgan fingerprint density at radius 3 is 2.52 bits per heavy atom. The third kappa shape index (κ3) is 4.93. The number of amides is 2. The fraction of sp³-hybridized carbons (Fsp3) is 0.100. The second-order valence-electron chi connectivity index (χ2n) is 6.70. The minimum atomic E-state index is -0.825. The van der Waals surface area contributed by atoms with E-state index in [1.54, 1.807) is 48.5 Å². The van der Waals surface area contributed by atoms with Crippen molar-refractivity contribution >= 4 is 35.2 Å². The molecule has 0 aliphatic heterocycles. The van der Waals surface area contributed by atoms with E-state index in [1.165, 1.54) is 16.4 Å². The molecule has 166 valence electrons. The zero-order valence-corrected chi connectivity index (χ0v) is 18.1. The van der Waals surface area contributed by atoms with Crippen LogP contribution in [-0.2, 0) is 4.79 Å². The van der Waals surface area contributed by atoms with E-state index < -0.39 is 11.8 Å². The minimum Gasteiger partial charge on any atom is -0.364 e. The summed E-state index contributed by atoms with van der Waals surface area (Å²) in [5.74, 6) is -1.51. The summed E-state index contributed by atoms with van der Waals surface area (Å²) >= 11 is 1.07. The third-order valence-electron chi connectivity index (χ3n) is 4.36. The Hall–Kier alpha value is -4.39. The number of benzene rings is 2. The lowest BCUT2D eigenvalue weighted by atomic mass is 10.1. The first-order valence-corrected chi connectivity index (χ1v) is 10.6. The van der Waals surface area contributed by atoms with Crippen LogP contribution in [0.3, 0.4) is 0 Å². The fourth-order valence-electron chi connectivity index (χ4n) is 2.82. The number of hydrogen-bond acceptors (Lipinski definition) is 9. The number of anilines is 1. The molecule has 33 heavy (non-hydrogen) atoms. The number of hydrogen-bond donors (Lipinski definition) is 2. The van der Waals surface area contributed by atoms with Crippen LogP contribution in [0.2, 0.25) is 0 Å². The standard InChI is InChI=1S/C20H17N9O3S/c1-12(30)13-6-5-9-15(10-13)28-20(23-26-27-28)33-11-16(31)22-19-17(18(21)32)24-29(25-19)14-7-3-2-4-8-14/h2-10H,11H2,1H3,(H2,21,32)(H,22,25,31). The van der Waals surface area contributed by atoms with Crippen LogP contribution < -0.4 is 11.1 Å². The number of rotatable bonds is 8.